The molecule has 1 fully saturated rings. The van der Waals surface area contributed by atoms with Crippen LogP contribution < -0.4 is 9.47 Å². The van der Waals surface area contributed by atoms with E-state index in [1.54, 1.807) is 7.11 Å². The molecule has 1 aliphatic rings. The molecule has 2 aromatic carbocycles. The minimum atomic E-state index is -0.570. The van der Waals surface area contributed by atoms with Crippen LogP contribution in [0.5, 0.6) is 11.5 Å². The van der Waals surface area contributed by atoms with Crippen LogP contribution in [0.4, 0.5) is 0 Å². The van der Waals surface area contributed by atoms with E-state index in [4.69, 9.17) is 14.2 Å². The Morgan fingerprint density at radius 3 is 2.64 bits per heavy atom. The second-order valence-electron chi connectivity index (χ2n) is 7.41. The summed E-state index contributed by atoms with van der Waals surface area (Å²) >= 11 is 0. The van der Waals surface area contributed by atoms with Crippen molar-refractivity contribution in [2.45, 2.75) is 38.5 Å². The quantitative estimate of drug-likeness (QED) is 0.679. The highest BCUT2D eigenvalue weighted by Gasteiger charge is 2.21. The minimum Gasteiger partial charge on any atom is -0.497 e. The minimum absolute atomic E-state index is 0.239. The summed E-state index contributed by atoms with van der Waals surface area (Å²) in [6, 6.07) is 15.9. The zero-order valence-corrected chi connectivity index (χ0v) is 16.8. The van der Waals surface area contributed by atoms with E-state index in [0.717, 1.165) is 49.6 Å². The van der Waals surface area contributed by atoms with Crippen molar-refractivity contribution >= 4 is 0 Å². The summed E-state index contributed by atoms with van der Waals surface area (Å²) in [5.41, 5.74) is 2.26. The number of aliphatic hydroxyl groups excluding tert-OH is 1. The fourth-order valence-electron chi connectivity index (χ4n) is 3.52. The maximum atomic E-state index is 10.6. The lowest BCUT2D eigenvalue weighted by atomic mass is 10.1. The predicted octanol–water partition coefficient (Wildman–Crippen LogP) is 3.42. The van der Waals surface area contributed by atoms with Gasteiger partial charge in [-0.2, -0.15) is 0 Å². The molecule has 0 aliphatic carbocycles. The molecule has 1 saturated heterocycles. The van der Waals surface area contributed by atoms with E-state index in [9.17, 15) is 5.11 Å². The number of hydrogen-bond donors (Lipinski definition) is 1. The summed E-state index contributed by atoms with van der Waals surface area (Å²) in [7, 11) is 1.67. The van der Waals surface area contributed by atoms with Gasteiger partial charge in [-0.15, -0.1) is 0 Å². The Hall–Kier alpha value is -2.08. The molecule has 152 valence electrons. The third kappa shape index (κ3) is 6.23. The molecule has 0 saturated carbocycles. The number of benzene rings is 2. The van der Waals surface area contributed by atoms with Crippen molar-refractivity contribution in [1.82, 2.24) is 4.90 Å². The first-order chi connectivity index (χ1) is 13.6. The van der Waals surface area contributed by atoms with Gasteiger partial charge in [0.05, 0.1) is 13.2 Å². The van der Waals surface area contributed by atoms with Gasteiger partial charge in [-0.05, 0) is 49.1 Å². The van der Waals surface area contributed by atoms with Gasteiger partial charge in [0.1, 0.15) is 24.2 Å². The lowest BCUT2D eigenvalue weighted by Crippen LogP contribution is -2.39. The average Bonchev–Trinajstić information content (AvgIpc) is 3.21. The number of nitrogens with zero attached hydrogens (tertiary/aromatic N) is 1. The van der Waals surface area contributed by atoms with Crippen molar-refractivity contribution in [3.63, 3.8) is 0 Å². The molecule has 5 heteroatoms. The first-order valence-corrected chi connectivity index (χ1v) is 9.97. The summed E-state index contributed by atoms with van der Waals surface area (Å²) in [4.78, 5) is 2.25. The highest BCUT2D eigenvalue weighted by molar-refractivity contribution is 5.31. The van der Waals surface area contributed by atoms with Gasteiger partial charge < -0.3 is 19.3 Å². The molecule has 1 N–H and O–H groups in total. The third-order valence-electron chi connectivity index (χ3n) is 5.04. The molecule has 1 heterocycles. The Bertz CT molecular complexity index is 713. The normalized spacial score (nSPS) is 17.6. The Morgan fingerprint density at radius 1 is 1.18 bits per heavy atom. The lowest BCUT2D eigenvalue weighted by molar-refractivity contribution is 0.0312. The van der Waals surface area contributed by atoms with E-state index in [0.29, 0.717) is 6.54 Å². The Labute approximate surface area is 167 Å². The monoisotopic (exact) mass is 385 g/mol. The van der Waals surface area contributed by atoms with Gasteiger partial charge in [-0.1, -0.05) is 30.3 Å². The van der Waals surface area contributed by atoms with Crippen LogP contribution in [0.3, 0.4) is 0 Å². The molecule has 3 rings (SSSR count). The van der Waals surface area contributed by atoms with Crippen LogP contribution in [0.15, 0.2) is 48.5 Å². The van der Waals surface area contributed by atoms with Crippen molar-refractivity contribution in [3.8, 4) is 11.5 Å². The van der Waals surface area contributed by atoms with E-state index in [-0.39, 0.29) is 12.7 Å². The third-order valence-corrected chi connectivity index (χ3v) is 5.04. The molecule has 0 bridgehead atoms. The van der Waals surface area contributed by atoms with Crippen LogP contribution in [-0.4, -0.2) is 55.6 Å². The van der Waals surface area contributed by atoms with Gasteiger partial charge >= 0.3 is 0 Å². The summed E-state index contributed by atoms with van der Waals surface area (Å²) in [6.07, 6.45) is 1.86. The van der Waals surface area contributed by atoms with Gasteiger partial charge in [-0.25, -0.2) is 0 Å². The average molecular weight is 386 g/mol. The number of aryl methyl sites for hydroxylation is 1. The predicted molar refractivity (Wildman–Crippen MR) is 110 cm³/mol. The van der Waals surface area contributed by atoms with Gasteiger partial charge in [-0.3, -0.25) is 4.90 Å². The van der Waals surface area contributed by atoms with Crippen molar-refractivity contribution < 1.29 is 19.3 Å². The van der Waals surface area contributed by atoms with Gasteiger partial charge in [0.15, 0.2) is 0 Å². The standard InChI is InChI=1S/C23H31NO4/c1-18-6-3-4-8-23(18)28-17-20(25)15-24(16-22-7-5-13-27-22)14-19-9-11-21(26-2)12-10-19/h3-4,6,8-12,20,22,25H,5,7,13-17H2,1-2H3/t20-,22-/m0/s1. The number of aliphatic hydroxyl groups is 1. The van der Waals surface area contributed by atoms with E-state index in [2.05, 4.69) is 17.0 Å². The molecule has 2 aromatic rings. The molecule has 0 spiro atoms. The number of methoxy groups -OCH3 is 1. The molecular formula is C23H31NO4. The summed E-state index contributed by atoms with van der Waals surface area (Å²) in [5, 5.41) is 10.6. The van der Waals surface area contributed by atoms with Crippen LogP contribution >= 0.6 is 0 Å². The van der Waals surface area contributed by atoms with Crippen molar-refractivity contribution in [3.05, 3.63) is 59.7 Å². The topological polar surface area (TPSA) is 51.2 Å². The lowest BCUT2D eigenvalue weighted by Gasteiger charge is -2.27. The summed E-state index contributed by atoms with van der Waals surface area (Å²) < 4.78 is 16.9. The number of hydrogen-bond acceptors (Lipinski definition) is 5. The Kier molecular flexibility index (Phi) is 7.71. The Morgan fingerprint density at radius 2 is 1.96 bits per heavy atom. The first kappa shape index (κ1) is 20.6. The van der Waals surface area contributed by atoms with Crippen LogP contribution in [0, 0.1) is 6.92 Å². The molecule has 0 radical (unpaired) electrons. The van der Waals surface area contributed by atoms with Crippen LogP contribution in [0.25, 0.3) is 0 Å². The van der Waals surface area contributed by atoms with Crippen molar-refractivity contribution in [2.24, 2.45) is 0 Å². The molecule has 0 unspecified atom stereocenters. The van der Waals surface area contributed by atoms with Gasteiger partial charge in [0.2, 0.25) is 0 Å². The first-order valence-electron chi connectivity index (χ1n) is 9.97. The number of para-hydroxylation sites is 1. The molecule has 5 nitrogen and oxygen atoms in total. The van der Waals surface area contributed by atoms with Gasteiger partial charge in [0, 0.05) is 26.2 Å². The SMILES string of the molecule is COc1ccc(CN(C[C@H](O)COc2ccccc2C)C[C@@H]2CCCO2)cc1. The molecular weight excluding hydrogens is 354 g/mol. The fraction of sp³-hybridized carbons (Fsp3) is 0.478. The summed E-state index contributed by atoms with van der Waals surface area (Å²) in [5.74, 6) is 1.67. The van der Waals surface area contributed by atoms with Crippen molar-refractivity contribution in [1.29, 1.82) is 0 Å². The smallest absolute Gasteiger partial charge is 0.122 e. The number of ether oxygens (including phenoxy) is 3. The fourth-order valence-corrected chi connectivity index (χ4v) is 3.52. The van der Waals surface area contributed by atoms with Crippen LogP contribution in [0.1, 0.15) is 24.0 Å². The molecule has 0 amide bonds. The molecule has 1 aliphatic heterocycles. The second kappa shape index (κ2) is 10.5. The second-order valence-corrected chi connectivity index (χ2v) is 7.41. The van der Waals surface area contributed by atoms with E-state index < -0.39 is 6.10 Å². The zero-order chi connectivity index (χ0) is 19.8. The highest BCUT2D eigenvalue weighted by atomic mass is 16.5. The molecule has 0 aromatic heterocycles. The van der Waals surface area contributed by atoms with Gasteiger partial charge in [0.25, 0.3) is 0 Å². The van der Waals surface area contributed by atoms with Crippen LogP contribution in [0.2, 0.25) is 0 Å². The molecule has 2 atom stereocenters. The summed E-state index contributed by atoms with van der Waals surface area (Å²) in [6.45, 7) is 5.22. The van der Waals surface area contributed by atoms with E-state index in [1.165, 1.54) is 5.56 Å². The van der Waals surface area contributed by atoms with E-state index in [1.807, 2.05) is 43.3 Å². The number of rotatable bonds is 10. The highest BCUT2D eigenvalue weighted by Crippen LogP contribution is 2.19. The van der Waals surface area contributed by atoms with Crippen molar-refractivity contribution in [2.75, 3.05) is 33.4 Å². The maximum absolute atomic E-state index is 10.6. The largest absolute Gasteiger partial charge is 0.497 e. The Balaban J connectivity index is 1.57. The maximum Gasteiger partial charge on any atom is 0.122 e. The molecule has 28 heavy (non-hydrogen) atoms. The van der Waals surface area contributed by atoms with Crippen LogP contribution in [-0.2, 0) is 11.3 Å². The van der Waals surface area contributed by atoms with E-state index >= 15 is 0 Å². The zero-order valence-electron chi connectivity index (χ0n) is 16.8.